The van der Waals surface area contributed by atoms with Gasteiger partial charge in [-0.05, 0) is 12.1 Å². The molecule has 0 saturated heterocycles. The first-order valence-corrected chi connectivity index (χ1v) is 9.20. The predicted molar refractivity (Wildman–Crippen MR) is 105 cm³/mol. The third-order valence-electron chi connectivity index (χ3n) is 3.87. The fourth-order valence-electron chi connectivity index (χ4n) is 2.55. The molecule has 144 valence electrons. The zero-order valence-corrected chi connectivity index (χ0v) is 16.3. The van der Waals surface area contributed by atoms with Crippen LogP contribution in [0.5, 0.6) is 0 Å². The van der Waals surface area contributed by atoms with Gasteiger partial charge < -0.3 is 10.2 Å². The summed E-state index contributed by atoms with van der Waals surface area (Å²) in [6.07, 6.45) is 1.32. The molecule has 3 heterocycles. The summed E-state index contributed by atoms with van der Waals surface area (Å²) in [5, 5.41) is 7.22. The molecule has 0 unspecified atom stereocenters. The maximum Gasteiger partial charge on any atom is 0.352 e. The number of aromatic nitrogens is 5. The Balaban J connectivity index is 1.68. The molecule has 1 amide bonds. The van der Waals surface area contributed by atoms with Gasteiger partial charge in [0.15, 0.2) is 22.2 Å². The molecule has 0 radical (unpaired) electrons. The van der Waals surface area contributed by atoms with E-state index in [0.29, 0.717) is 21.1 Å². The highest BCUT2D eigenvalue weighted by atomic mass is 35.5. The standard InChI is InChI=1S/C16H13ClFN7O2S/c1-23(2)15-21-13-12(28-15)14-22-25(16(27)24(14)7-19-13)6-10(26)20-9-5-3-4-8(17)11(9)18/h3-5,7H,6H2,1-2H3,(H,20,26). The monoisotopic (exact) mass is 421 g/mol. The summed E-state index contributed by atoms with van der Waals surface area (Å²) in [5.74, 6) is -1.36. The lowest BCUT2D eigenvalue weighted by Gasteiger charge is -2.06. The number of carbonyl (C=O) groups excluding carboxylic acids is 1. The number of fused-ring (bicyclic) bond motifs is 3. The molecule has 3 aromatic heterocycles. The van der Waals surface area contributed by atoms with E-state index in [1.54, 1.807) is 0 Å². The summed E-state index contributed by atoms with van der Waals surface area (Å²) in [6, 6.07) is 4.25. The molecular weight excluding hydrogens is 409 g/mol. The molecule has 0 fully saturated rings. The van der Waals surface area contributed by atoms with Gasteiger partial charge in [-0.15, -0.1) is 5.10 Å². The van der Waals surface area contributed by atoms with Gasteiger partial charge in [0, 0.05) is 14.1 Å². The van der Waals surface area contributed by atoms with Gasteiger partial charge in [-0.2, -0.15) is 4.98 Å². The van der Waals surface area contributed by atoms with Crippen molar-refractivity contribution in [3.63, 3.8) is 0 Å². The molecule has 0 aliphatic carbocycles. The largest absolute Gasteiger partial charge is 0.354 e. The van der Waals surface area contributed by atoms with E-state index >= 15 is 0 Å². The number of carbonyl (C=O) groups is 1. The van der Waals surface area contributed by atoms with E-state index in [4.69, 9.17) is 11.6 Å². The second-order valence-corrected chi connectivity index (χ2v) is 7.46. The highest BCUT2D eigenvalue weighted by molar-refractivity contribution is 7.22. The van der Waals surface area contributed by atoms with E-state index in [-0.39, 0.29) is 10.7 Å². The van der Waals surface area contributed by atoms with Crippen molar-refractivity contribution in [3.05, 3.63) is 45.9 Å². The average Bonchev–Trinajstić information content (AvgIpc) is 3.21. The maximum absolute atomic E-state index is 13.9. The Labute approximate surface area is 166 Å². The van der Waals surface area contributed by atoms with Gasteiger partial charge in [0.05, 0.1) is 10.7 Å². The third-order valence-corrected chi connectivity index (χ3v) is 5.37. The number of rotatable bonds is 4. The van der Waals surface area contributed by atoms with Gasteiger partial charge in [-0.25, -0.2) is 23.3 Å². The molecule has 12 heteroatoms. The number of thiazole rings is 1. The molecule has 0 aliphatic heterocycles. The van der Waals surface area contributed by atoms with Gasteiger partial charge >= 0.3 is 5.69 Å². The van der Waals surface area contributed by atoms with E-state index < -0.39 is 24.0 Å². The predicted octanol–water partition coefficient (Wildman–Crippen LogP) is 2.00. The van der Waals surface area contributed by atoms with Crippen LogP contribution in [-0.2, 0) is 11.3 Å². The number of anilines is 2. The Kier molecular flexibility index (Phi) is 4.47. The summed E-state index contributed by atoms with van der Waals surface area (Å²) in [4.78, 5) is 35.2. The van der Waals surface area contributed by atoms with Crippen molar-refractivity contribution in [3.8, 4) is 0 Å². The minimum absolute atomic E-state index is 0.0727. The lowest BCUT2D eigenvalue weighted by molar-refractivity contribution is -0.117. The summed E-state index contributed by atoms with van der Waals surface area (Å²) in [7, 11) is 3.69. The van der Waals surface area contributed by atoms with Crippen LogP contribution in [0.3, 0.4) is 0 Å². The smallest absolute Gasteiger partial charge is 0.352 e. The van der Waals surface area contributed by atoms with Crippen molar-refractivity contribution in [2.45, 2.75) is 6.54 Å². The van der Waals surface area contributed by atoms with Gasteiger partial charge in [0.1, 0.15) is 17.6 Å². The summed E-state index contributed by atoms with van der Waals surface area (Å²) in [6.45, 7) is -0.396. The maximum atomic E-state index is 13.9. The van der Waals surface area contributed by atoms with Gasteiger partial charge in [-0.1, -0.05) is 29.0 Å². The van der Waals surface area contributed by atoms with Crippen LogP contribution < -0.4 is 15.9 Å². The minimum Gasteiger partial charge on any atom is -0.354 e. The lowest BCUT2D eigenvalue weighted by atomic mass is 10.3. The molecule has 9 nitrogen and oxygen atoms in total. The van der Waals surface area contributed by atoms with Crippen LogP contribution in [0, 0.1) is 5.82 Å². The Bertz CT molecular complexity index is 1280. The zero-order valence-electron chi connectivity index (χ0n) is 14.7. The Morgan fingerprint density at radius 2 is 2.18 bits per heavy atom. The second-order valence-electron chi connectivity index (χ2n) is 6.07. The molecular formula is C16H13ClFN7O2S. The first-order chi connectivity index (χ1) is 13.3. The van der Waals surface area contributed by atoms with Crippen molar-refractivity contribution in [2.75, 3.05) is 24.3 Å². The van der Waals surface area contributed by atoms with Crippen LogP contribution in [0.4, 0.5) is 15.2 Å². The van der Waals surface area contributed by atoms with Crippen molar-refractivity contribution in [1.29, 1.82) is 0 Å². The molecule has 0 saturated carbocycles. The van der Waals surface area contributed by atoms with Crippen LogP contribution in [0.1, 0.15) is 0 Å². The van der Waals surface area contributed by atoms with Crippen molar-refractivity contribution in [1.82, 2.24) is 24.1 Å². The Morgan fingerprint density at radius 1 is 1.39 bits per heavy atom. The quantitative estimate of drug-likeness (QED) is 0.541. The molecule has 0 aliphatic rings. The van der Waals surface area contributed by atoms with Crippen LogP contribution in [-0.4, -0.2) is 44.2 Å². The Morgan fingerprint density at radius 3 is 2.93 bits per heavy atom. The minimum atomic E-state index is -0.744. The number of hydrogen-bond donors (Lipinski definition) is 1. The number of nitrogens with zero attached hydrogens (tertiary/aromatic N) is 6. The Hall–Kier alpha value is -3.05. The van der Waals surface area contributed by atoms with Crippen molar-refractivity contribution < 1.29 is 9.18 Å². The van der Waals surface area contributed by atoms with Crippen LogP contribution in [0.25, 0.3) is 16.0 Å². The topological polar surface area (TPSA) is 97.4 Å². The fraction of sp³-hybridized carbons (Fsp3) is 0.188. The number of amides is 1. The number of halogens is 2. The van der Waals surface area contributed by atoms with Crippen LogP contribution in [0.15, 0.2) is 29.3 Å². The molecule has 0 spiro atoms. The average molecular weight is 422 g/mol. The molecule has 0 bridgehead atoms. The van der Waals surface area contributed by atoms with E-state index in [1.807, 2.05) is 19.0 Å². The van der Waals surface area contributed by atoms with Gasteiger partial charge in [0.25, 0.3) is 0 Å². The lowest BCUT2D eigenvalue weighted by Crippen LogP contribution is -2.28. The first kappa shape index (κ1) is 18.3. The fourth-order valence-corrected chi connectivity index (χ4v) is 3.64. The van der Waals surface area contributed by atoms with Crippen LogP contribution >= 0.6 is 22.9 Å². The SMILES string of the molecule is CN(C)c1nc2ncn3c(=O)n(CC(=O)Nc4cccc(Cl)c4F)nc3c2s1. The highest BCUT2D eigenvalue weighted by Gasteiger charge is 2.18. The highest BCUT2D eigenvalue weighted by Crippen LogP contribution is 2.28. The number of nitrogens with one attached hydrogen (secondary N) is 1. The van der Waals surface area contributed by atoms with E-state index in [9.17, 15) is 14.0 Å². The number of hydrogen-bond acceptors (Lipinski definition) is 7. The summed E-state index contributed by atoms with van der Waals surface area (Å²) < 4.78 is 16.8. The van der Waals surface area contributed by atoms with Gasteiger partial charge in [0.2, 0.25) is 5.91 Å². The van der Waals surface area contributed by atoms with Crippen LogP contribution in [0.2, 0.25) is 5.02 Å². The molecule has 0 atom stereocenters. The molecule has 4 aromatic rings. The van der Waals surface area contributed by atoms with E-state index in [1.165, 1.54) is 40.3 Å². The normalized spacial score (nSPS) is 11.3. The zero-order chi connectivity index (χ0) is 20.0. The molecule has 4 rings (SSSR count). The summed E-state index contributed by atoms with van der Waals surface area (Å²) >= 11 is 7.04. The van der Waals surface area contributed by atoms with E-state index in [0.717, 1.165) is 4.68 Å². The third kappa shape index (κ3) is 3.08. The number of benzene rings is 1. The molecule has 28 heavy (non-hydrogen) atoms. The molecule has 1 N–H and O–H groups in total. The second kappa shape index (κ2) is 6.84. The first-order valence-electron chi connectivity index (χ1n) is 8.01. The van der Waals surface area contributed by atoms with E-state index in [2.05, 4.69) is 20.4 Å². The molecule has 1 aromatic carbocycles. The van der Waals surface area contributed by atoms with Crippen molar-refractivity contribution in [2.24, 2.45) is 0 Å². The van der Waals surface area contributed by atoms with Crippen molar-refractivity contribution >= 4 is 55.7 Å². The van der Waals surface area contributed by atoms with Gasteiger partial charge in [-0.3, -0.25) is 4.79 Å². The summed E-state index contributed by atoms with van der Waals surface area (Å²) in [5.41, 5.74) is 0.202.